The van der Waals surface area contributed by atoms with Gasteiger partial charge in [0.1, 0.15) is 11.5 Å². The minimum Gasteiger partial charge on any atom is -0.505 e. The molecule has 0 unspecified atom stereocenters. The molecule has 10 heteroatoms. The fourth-order valence-electron chi connectivity index (χ4n) is 10.00. The van der Waals surface area contributed by atoms with Crippen molar-refractivity contribution in [3.63, 3.8) is 0 Å². The SMILES string of the molecule is COC(CCCCOc1ccc([C@@H]2c3cc(F)c(O)cc3CC[C@@H]2c2ccccc2)cc1)OC.COC(CCCCOc1ccc([C@H]2c3cc(F)c(O)cc3CC[C@H]2c2ccccc2)cc1)OC. The summed E-state index contributed by atoms with van der Waals surface area (Å²) in [6.07, 6.45) is 8.60. The third-order valence-electron chi connectivity index (χ3n) is 13.5. The molecule has 0 saturated heterocycles. The van der Waals surface area contributed by atoms with E-state index in [0.717, 1.165) is 109 Å². The summed E-state index contributed by atoms with van der Waals surface area (Å²) < 4.78 is 61.5. The van der Waals surface area contributed by atoms with Gasteiger partial charge < -0.3 is 38.6 Å². The Morgan fingerprint density at radius 1 is 0.471 bits per heavy atom. The van der Waals surface area contributed by atoms with E-state index in [4.69, 9.17) is 28.4 Å². The minimum absolute atomic E-state index is 0.00956. The third-order valence-corrected chi connectivity index (χ3v) is 13.5. The van der Waals surface area contributed by atoms with E-state index in [0.29, 0.717) is 13.2 Å². The van der Waals surface area contributed by atoms with Crippen molar-refractivity contribution in [1.29, 1.82) is 0 Å². The summed E-state index contributed by atoms with van der Waals surface area (Å²) in [4.78, 5) is 0. The fourth-order valence-corrected chi connectivity index (χ4v) is 10.00. The van der Waals surface area contributed by atoms with E-state index < -0.39 is 11.6 Å². The number of halogens is 2. The van der Waals surface area contributed by atoms with Crippen LogP contribution in [0, 0.1) is 11.6 Å². The maximum Gasteiger partial charge on any atom is 0.165 e. The number of ether oxygens (including phenoxy) is 6. The van der Waals surface area contributed by atoms with E-state index >= 15 is 0 Å². The van der Waals surface area contributed by atoms with Gasteiger partial charge in [0, 0.05) is 40.3 Å². The van der Waals surface area contributed by atoms with Crippen molar-refractivity contribution >= 4 is 0 Å². The molecule has 0 bridgehead atoms. The molecule has 68 heavy (non-hydrogen) atoms. The first-order valence-corrected chi connectivity index (χ1v) is 23.9. The predicted octanol–water partition coefficient (Wildman–Crippen LogP) is 13.1. The first-order valence-electron chi connectivity index (χ1n) is 23.9. The van der Waals surface area contributed by atoms with Gasteiger partial charge >= 0.3 is 0 Å². The smallest absolute Gasteiger partial charge is 0.165 e. The lowest BCUT2D eigenvalue weighted by atomic mass is 9.69. The number of rotatable bonds is 20. The van der Waals surface area contributed by atoms with Gasteiger partial charge in [0.25, 0.3) is 0 Å². The summed E-state index contributed by atoms with van der Waals surface area (Å²) in [5.74, 6) is 0.445. The fraction of sp³-hybridized carbons (Fsp3) is 0.379. The maximum absolute atomic E-state index is 14.4. The number of unbranched alkanes of at least 4 members (excludes halogenated alkanes) is 2. The van der Waals surface area contributed by atoms with Gasteiger partial charge in [0.2, 0.25) is 0 Å². The first kappa shape index (κ1) is 50.1. The highest BCUT2D eigenvalue weighted by Crippen LogP contribution is 2.49. The molecular weight excluding hydrogens is 863 g/mol. The average Bonchev–Trinajstić information content (AvgIpc) is 3.37. The van der Waals surface area contributed by atoms with E-state index in [2.05, 4.69) is 72.8 Å². The molecule has 0 radical (unpaired) electrons. The summed E-state index contributed by atoms with van der Waals surface area (Å²) in [6, 6.07) is 43.4. The molecule has 0 aliphatic heterocycles. The van der Waals surface area contributed by atoms with E-state index in [9.17, 15) is 19.0 Å². The molecule has 360 valence electrons. The molecule has 0 amide bonds. The van der Waals surface area contributed by atoms with Crippen molar-refractivity contribution in [1.82, 2.24) is 0 Å². The molecule has 0 saturated carbocycles. The van der Waals surface area contributed by atoms with Crippen LogP contribution in [0.1, 0.15) is 120 Å². The van der Waals surface area contributed by atoms with E-state index in [1.54, 1.807) is 40.6 Å². The molecule has 2 N–H and O–H groups in total. The Balaban J connectivity index is 0.000000201. The average molecular weight is 929 g/mol. The topological polar surface area (TPSA) is 95.8 Å². The zero-order valence-corrected chi connectivity index (χ0v) is 39.8. The van der Waals surface area contributed by atoms with Crippen LogP contribution in [0.5, 0.6) is 23.0 Å². The second-order valence-corrected chi connectivity index (χ2v) is 17.7. The Labute approximate surface area is 400 Å². The van der Waals surface area contributed by atoms with Gasteiger partial charge in [-0.2, -0.15) is 0 Å². The number of fused-ring (bicyclic) bond motifs is 2. The van der Waals surface area contributed by atoms with Gasteiger partial charge in [-0.05, 0) is 169 Å². The monoisotopic (exact) mass is 928 g/mol. The Morgan fingerprint density at radius 3 is 1.19 bits per heavy atom. The standard InChI is InChI=1S/2C29H33FO4/c2*1-32-28(33-2)10-6-7-17-34-23-14-11-21(12-15-23)29-24(20-8-4-3-5-9-20)16-13-22-18-27(31)26(30)19-25(22)29/h2*3-5,8-9,11-12,14-15,18-19,24,28-29,31H,6-7,10,13,16-17H2,1-2H3/t2*24-,29+/m10/s1. The molecule has 0 spiro atoms. The number of hydrogen-bond acceptors (Lipinski definition) is 8. The lowest BCUT2D eigenvalue weighted by Crippen LogP contribution is -2.20. The highest BCUT2D eigenvalue weighted by atomic mass is 19.1. The summed E-state index contributed by atoms with van der Waals surface area (Å²) in [5, 5.41) is 19.9. The van der Waals surface area contributed by atoms with Crippen LogP contribution in [-0.4, -0.2) is 64.4 Å². The summed E-state index contributed by atoms with van der Waals surface area (Å²) in [7, 11) is 6.60. The van der Waals surface area contributed by atoms with Gasteiger partial charge in [0.15, 0.2) is 35.7 Å². The van der Waals surface area contributed by atoms with Crippen molar-refractivity contribution in [3.05, 3.63) is 190 Å². The van der Waals surface area contributed by atoms with E-state index in [1.807, 2.05) is 36.4 Å². The first-order chi connectivity index (χ1) is 33.2. The molecular formula is C58H66F2O8. The Kier molecular flexibility index (Phi) is 18.4. The molecule has 6 aromatic carbocycles. The van der Waals surface area contributed by atoms with Crippen molar-refractivity contribution in [2.24, 2.45) is 0 Å². The van der Waals surface area contributed by atoms with Crippen LogP contribution in [0.25, 0.3) is 0 Å². The van der Waals surface area contributed by atoms with Gasteiger partial charge in [-0.25, -0.2) is 8.78 Å². The van der Waals surface area contributed by atoms with Crippen LogP contribution < -0.4 is 9.47 Å². The Bertz CT molecular complexity index is 2270. The predicted molar refractivity (Wildman–Crippen MR) is 262 cm³/mol. The van der Waals surface area contributed by atoms with Crippen LogP contribution in [0.2, 0.25) is 0 Å². The number of hydrogen-bond donors (Lipinski definition) is 2. The zero-order chi connectivity index (χ0) is 47.8. The molecule has 8 rings (SSSR count). The molecule has 4 atom stereocenters. The number of aryl methyl sites for hydroxylation is 2. The lowest BCUT2D eigenvalue weighted by molar-refractivity contribution is -0.107. The highest BCUT2D eigenvalue weighted by molar-refractivity contribution is 5.50. The molecule has 0 heterocycles. The molecule has 6 aromatic rings. The lowest BCUT2D eigenvalue weighted by Gasteiger charge is -2.35. The minimum atomic E-state index is -0.568. The molecule has 8 nitrogen and oxygen atoms in total. The number of phenols is 2. The van der Waals surface area contributed by atoms with Crippen molar-refractivity contribution in [2.75, 3.05) is 41.7 Å². The van der Waals surface area contributed by atoms with Crippen LogP contribution in [0.4, 0.5) is 8.78 Å². The van der Waals surface area contributed by atoms with Crippen LogP contribution >= 0.6 is 0 Å². The van der Waals surface area contributed by atoms with Gasteiger partial charge in [-0.15, -0.1) is 0 Å². The molecule has 0 fully saturated rings. The van der Waals surface area contributed by atoms with Gasteiger partial charge in [-0.1, -0.05) is 84.9 Å². The summed E-state index contributed by atoms with van der Waals surface area (Å²) in [6.45, 7) is 1.26. The van der Waals surface area contributed by atoms with Crippen molar-refractivity contribution in [2.45, 2.75) is 100 Å². The van der Waals surface area contributed by atoms with Crippen LogP contribution in [0.15, 0.2) is 133 Å². The maximum atomic E-state index is 14.4. The quantitative estimate of drug-likeness (QED) is 0.0577. The Morgan fingerprint density at radius 2 is 0.838 bits per heavy atom. The second kappa shape index (κ2) is 25.0. The summed E-state index contributed by atoms with van der Waals surface area (Å²) in [5.41, 5.74) is 8.67. The number of aromatic hydroxyl groups is 2. The zero-order valence-electron chi connectivity index (χ0n) is 39.8. The normalized spacial score (nSPS) is 17.5. The van der Waals surface area contributed by atoms with Crippen LogP contribution in [0.3, 0.4) is 0 Å². The van der Waals surface area contributed by atoms with E-state index in [-0.39, 0.29) is 47.8 Å². The number of methoxy groups -OCH3 is 4. The number of benzene rings is 6. The summed E-state index contributed by atoms with van der Waals surface area (Å²) >= 11 is 0. The van der Waals surface area contributed by atoms with Gasteiger partial charge in [0.05, 0.1) is 13.2 Å². The second-order valence-electron chi connectivity index (χ2n) is 17.7. The Hall–Kier alpha value is -5.78. The molecule has 0 aromatic heterocycles. The number of phenolic OH excluding ortho intramolecular Hbond substituents is 2. The third kappa shape index (κ3) is 12.8. The van der Waals surface area contributed by atoms with Crippen molar-refractivity contribution in [3.8, 4) is 23.0 Å². The molecule has 2 aliphatic rings. The van der Waals surface area contributed by atoms with Crippen LogP contribution in [-0.2, 0) is 31.8 Å². The van der Waals surface area contributed by atoms with Crippen molar-refractivity contribution < 1.29 is 47.4 Å². The highest BCUT2D eigenvalue weighted by Gasteiger charge is 2.34. The van der Waals surface area contributed by atoms with Gasteiger partial charge in [-0.3, -0.25) is 0 Å². The van der Waals surface area contributed by atoms with E-state index in [1.165, 1.54) is 23.3 Å². The molecule has 2 aliphatic carbocycles. The largest absolute Gasteiger partial charge is 0.505 e.